The molecule has 1 aromatic carbocycles. The smallest absolute Gasteiger partial charge is 0.233 e. The molecule has 0 saturated carbocycles. The van der Waals surface area contributed by atoms with Gasteiger partial charge in [-0.05, 0) is 31.5 Å². The maximum absolute atomic E-state index is 13.3. The van der Waals surface area contributed by atoms with E-state index in [4.69, 9.17) is 14.2 Å². The van der Waals surface area contributed by atoms with Crippen molar-refractivity contribution in [3.05, 3.63) is 41.2 Å². The monoisotopic (exact) mass is 428 g/mol. The summed E-state index contributed by atoms with van der Waals surface area (Å²) in [6.07, 6.45) is 2.11. The van der Waals surface area contributed by atoms with Crippen LogP contribution in [0.5, 0.6) is 11.5 Å². The van der Waals surface area contributed by atoms with Crippen molar-refractivity contribution in [1.29, 1.82) is 0 Å². The van der Waals surface area contributed by atoms with Gasteiger partial charge in [0.15, 0.2) is 11.5 Å². The number of aryl methyl sites for hydroxylation is 1. The molecule has 1 aromatic heterocycles. The number of hydrogen-bond donors (Lipinski definition) is 0. The second-order valence-electron chi connectivity index (χ2n) is 8.52. The molecule has 31 heavy (non-hydrogen) atoms. The molecule has 4 rings (SSSR count). The SMILES string of the molecule is COc1cc(CN2Cc3cn(C)nc3C(C(=O)N3CCOCC3)C2)ccc1OC(C)C. The fourth-order valence-corrected chi connectivity index (χ4v) is 4.36. The summed E-state index contributed by atoms with van der Waals surface area (Å²) in [5, 5.41) is 4.63. The Balaban J connectivity index is 1.54. The van der Waals surface area contributed by atoms with Gasteiger partial charge >= 0.3 is 0 Å². The van der Waals surface area contributed by atoms with Gasteiger partial charge in [0.05, 0.1) is 38.0 Å². The maximum Gasteiger partial charge on any atom is 0.233 e. The minimum Gasteiger partial charge on any atom is -0.493 e. The Morgan fingerprint density at radius 1 is 1.26 bits per heavy atom. The predicted molar refractivity (Wildman–Crippen MR) is 116 cm³/mol. The van der Waals surface area contributed by atoms with Crippen molar-refractivity contribution < 1.29 is 19.0 Å². The van der Waals surface area contributed by atoms with Gasteiger partial charge in [0.1, 0.15) is 0 Å². The van der Waals surface area contributed by atoms with Gasteiger partial charge in [-0.25, -0.2) is 0 Å². The van der Waals surface area contributed by atoms with Crippen LogP contribution < -0.4 is 9.47 Å². The molecule has 168 valence electrons. The number of ether oxygens (including phenoxy) is 3. The standard InChI is InChI=1S/C23H32N4O4/c1-16(2)31-20-6-5-17(11-21(20)29-4)12-26-14-18-13-25(3)24-22(18)19(15-26)23(28)27-7-9-30-10-8-27/h5-6,11,13,16,19H,7-10,12,14-15H2,1-4H3. The zero-order valence-corrected chi connectivity index (χ0v) is 18.8. The van der Waals surface area contributed by atoms with Gasteiger partial charge in [-0.2, -0.15) is 5.10 Å². The number of fused-ring (bicyclic) bond motifs is 1. The summed E-state index contributed by atoms with van der Waals surface area (Å²) in [5.74, 6) is 1.36. The zero-order valence-electron chi connectivity index (χ0n) is 18.8. The van der Waals surface area contributed by atoms with Gasteiger partial charge in [0.25, 0.3) is 0 Å². The first-order valence-electron chi connectivity index (χ1n) is 10.9. The van der Waals surface area contributed by atoms with Crippen LogP contribution in [0.2, 0.25) is 0 Å². The lowest BCUT2D eigenvalue weighted by molar-refractivity contribution is -0.137. The molecule has 0 radical (unpaired) electrons. The molecule has 1 fully saturated rings. The van der Waals surface area contributed by atoms with Crippen molar-refractivity contribution in [3.63, 3.8) is 0 Å². The number of nitrogens with zero attached hydrogens (tertiary/aromatic N) is 4. The van der Waals surface area contributed by atoms with E-state index in [1.165, 1.54) is 0 Å². The van der Waals surface area contributed by atoms with Crippen molar-refractivity contribution in [1.82, 2.24) is 19.6 Å². The highest BCUT2D eigenvalue weighted by molar-refractivity contribution is 5.84. The van der Waals surface area contributed by atoms with Crippen LogP contribution in [-0.2, 0) is 29.7 Å². The molecule has 2 aliphatic heterocycles. The third kappa shape index (κ3) is 4.85. The molecule has 1 amide bonds. The number of methoxy groups -OCH3 is 1. The lowest BCUT2D eigenvalue weighted by atomic mass is 9.94. The summed E-state index contributed by atoms with van der Waals surface area (Å²) < 4.78 is 18.6. The van der Waals surface area contributed by atoms with E-state index in [0.717, 1.165) is 41.4 Å². The minimum atomic E-state index is -0.256. The first kappa shape index (κ1) is 21.6. The van der Waals surface area contributed by atoms with Crippen LogP contribution in [0.15, 0.2) is 24.4 Å². The number of amides is 1. The van der Waals surface area contributed by atoms with E-state index in [-0.39, 0.29) is 17.9 Å². The number of rotatable bonds is 6. The van der Waals surface area contributed by atoms with E-state index >= 15 is 0 Å². The molecule has 8 heteroatoms. The van der Waals surface area contributed by atoms with Crippen molar-refractivity contribution >= 4 is 5.91 Å². The summed E-state index contributed by atoms with van der Waals surface area (Å²) in [5.41, 5.74) is 3.15. The van der Waals surface area contributed by atoms with Gasteiger partial charge in [-0.1, -0.05) is 6.07 Å². The van der Waals surface area contributed by atoms with Crippen molar-refractivity contribution in [2.24, 2.45) is 7.05 Å². The molecule has 0 N–H and O–H groups in total. The van der Waals surface area contributed by atoms with Gasteiger partial charge in [-0.15, -0.1) is 0 Å². The Morgan fingerprint density at radius 3 is 2.74 bits per heavy atom. The number of aromatic nitrogens is 2. The van der Waals surface area contributed by atoms with Crippen LogP contribution in [0, 0.1) is 0 Å². The normalized spacial score (nSPS) is 19.4. The summed E-state index contributed by atoms with van der Waals surface area (Å²) in [7, 11) is 3.57. The van der Waals surface area contributed by atoms with Crippen LogP contribution >= 0.6 is 0 Å². The molecule has 3 heterocycles. The van der Waals surface area contributed by atoms with E-state index in [1.807, 2.05) is 48.8 Å². The van der Waals surface area contributed by atoms with Crippen LogP contribution in [0.25, 0.3) is 0 Å². The van der Waals surface area contributed by atoms with E-state index in [0.29, 0.717) is 32.8 Å². The van der Waals surface area contributed by atoms with Crippen molar-refractivity contribution in [3.8, 4) is 11.5 Å². The Hall–Kier alpha value is -2.58. The summed E-state index contributed by atoms with van der Waals surface area (Å²) in [4.78, 5) is 17.6. The van der Waals surface area contributed by atoms with Crippen molar-refractivity contribution in [2.75, 3.05) is 40.0 Å². The average Bonchev–Trinajstić information content (AvgIpc) is 3.14. The Kier molecular flexibility index (Phi) is 6.48. The highest BCUT2D eigenvalue weighted by Crippen LogP contribution is 2.32. The van der Waals surface area contributed by atoms with Crippen LogP contribution in [0.4, 0.5) is 0 Å². The van der Waals surface area contributed by atoms with Gasteiger partial charge in [0.2, 0.25) is 5.91 Å². The van der Waals surface area contributed by atoms with Crippen LogP contribution in [-0.4, -0.2) is 71.5 Å². The molecule has 1 unspecified atom stereocenters. The van der Waals surface area contributed by atoms with Gasteiger partial charge < -0.3 is 19.1 Å². The molecule has 0 spiro atoms. The van der Waals surface area contributed by atoms with E-state index < -0.39 is 0 Å². The second kappa shape index (κ2) is 9.28. The first-order chi connectivity index (χ1) is 14.9. The number of morpholine rings is 1. The number of benzene rings is 1. The third-order valence-corrected chi connectivity index (χ3v) is 5.72. The molecule has 2 aromatic rings. The zero-order chi connectivity index (χ0) is 22.0. The summed E-state index contributed by atoms with van der Waals surface area (Å²) in [6, 6.07) is 6.05. The fourth-order valence-electron chi connectivity index (χ4n) is 4.36. The quantitative estimate of drug-likeness (QED) is 0.703. The van der Waals surface area contributed by atoms with Crippen molar-refractivity contribution in [2.45, 2.75) is 39.0 Å². The Labute approximate surface area is 183 Å². The lowest BCUT2D eigenvalue weighted by Crippen LogP contribution is -2.47. The van der Waals surface area contributed by atoms with Crippen LogP contribution in [0.1, 0.15) is 36.6 Å². The van der Waals surface area contributed by atoms with Crippen LogP contribution in [0.3, 0.4) is 0 Å². The molecule has 1 atom stereocenters. The number of hydrogen-bond acceptors (Lipinski definition) is 6. The topological polar surface area (TPSA) is 69.1 Å². The number of carbonyl (C=O) groups excluding carboxylic acids is 1. The molecule has 0 aliphatic carbocycles. The highest BCUT2D eigenvalue weighted by atomic mass is 16.5. The van der Waals surface area contributed by atoms with Gasteiger partial charge in [0, 0.05) is 51.5 Å². The predicted octanol–water partition coefficient (Wildman–Crippen LogP) is 2.17. The van der Waals surface area contributed by atoms with E-state index in [2.05, 4.69) is 16.1 Å². The first-order valence-corrected chi connectivity index (χ1v) is 10.9. The average molecular weight is 429 g/mol. The third-order valence-electron chi connectivity index (χ3n) is 5.72. The Bertz CT molecular complexity index is 920. The fraction of sp³-hybridized carbons (Fsp3) is 0.565. The molecular weight excluding hydrogens is 396 g/mol. The minimum absolute atomic E-state index is 0.0813. The molecular formula is C23H32N4O4. The molecule has 2 aliphatic rings. The highest BCUT2D eigenvalue weighted by Gasteiger charge is 2.36. The van der Waals surface area contributed by atoms with E-state index in [1.54, 1.807) is 7.11 Å². The van der Waals surface area contributed by atoms with Gasteiger partial charge in [-0.3, -0.25) is 14.4 Å². The maximum atomic E-state index is 13.3. The molecule has 1 saturated heterocycles. The summed E-state index contributed by atoms with van der Waals surface area (Å²) >= 11 is 0. The molecule has 8 nitrogen and oxygen atoms in total. The lowest BCUT2D eigenvalue weighted by Gasteiger charge is -2.35. The molecule has 0 bridgehead atoms. The number of carbonyl (C=O) groups is 1. The largest absolute Gasteiger partial charge is 0.493 e. The second-order valence-corrected chi connectivity index (χ2v) is 8.52. The summed E-state index contributed by atoms with van der Waals surface area (Å²) in [6.45, 7) is 8.62. The Morgan fingerprint density at radius 2 is 2.03 bits per heavy atom. The van der Waals surface area contributed by atoms with E-state index in [9.17, 15) is 4.79 Å².